The summed E-state index contributed by atoms with van der Waals surface area (Å²) in [5.41, 5.74) is 3.09. The number of likely N-dealkylation sites (tertiary alicyclic amines) is 1. The van der Waals surface area contributed by atoms with Crippen molar-refractivity contribution in [3.63, 3.8) is 0 Å². The van der Waals surface area contributed by atoms with Crippen LogP contribution in [0.2, 0.25) is 0 Å². The molecule has 0 N–H and O–H groups in total. The molecule has 1 aliphatic rings. The third-order valence-electron chi connectivity index (χ3n) is 5.37. The van der Waals surface area contributed by atoms with E-state index in [4.69, 9.17) is 4.42 Å². The van der Waals surface area contributed by atoms with Crippen LogP contribution in [0.5, 0.6) is 0 Å². The smallest absolute Gasteiger partial charge is 0.289 e. The Morgan fingerprint density at radius 2 is 2.16 bits per heavy atom. The van der Waals surface area contributed by atoms with Crippen molar-refractivity contribution >= 4 is 16.9 Å². The van der Waals surface area contributed by atoms with Gasteiger partial charge in [0.05, 0.1) is 0 Å². The summed E-state index contributed by atoms with van der Waals surface area (Å²) in [5, 5.41) is 1.07. The van der Waals surface area contributed by atoms with Gasteiger partial charge in [-0.05, 0) is 63.9 Å². The summed E-state index contributed by atoms with van der Waals surface area (Å²) in [6.45, 7) is 9.97. The van der Waals surface area contributed by atoms with E-state index in [1.165, 1.54) is 12.0 Å². The maximum absolute atomic E-state index is 13.1. The van der Waals surface area contributed by atoms with Gasteiger partial charge in [-0.25, -0.2) is 0 Å². The summed E-state index contributed by atoms with van der Waals surface area (Å²) >= 11 is 0. The molecule has 4 nitrogen and oxygen atoms in total. The summed E-state index contributed by atoms with van der Waals surface area (Å²) in [4.78, 5) is 17.3. The monoisotopic (exact) mass is 342 g/mol. The highest BCUT2D eigenvalue weighted by atomic mass is 16.3. The van der Waals surface area contributed by atoms with Crippen LogP contribution >= 0.6 is 0 Å². The summed E-state index contributed by atoms with van der Waals surface area (Å²) in [6.07, 6.45) is 3.34. The van der Waals surface area contributed by atoms with Crippen LogP contribution in [0.15, 0.2) is 22.6 Å². The number of rotatable bonds is 6. The standard InChI is InChI=1S/C21H30N2O2/c1-5-7-16-8-9-19-18(12-16)15(3)20(25-19)21(24)23(6-2)14-17-10-11-22(4)13-17/h8-9,12,17H,5-7,10-11,13-14H2,1-4H3. The van der Waals surface area contributed by atoms with Crippen LogP contribution in [0.1, 0.15) is 48.4 Å². The van der Waals surface area contributed by atoms with Crippen molar-refractivity contribution in [2.45, 2.75) is 40.0 Å². The molecule has 136 valence electrons. The second kappa shape index (κ2) is 7.61. The number of fused-ring (bicyclic) bond motifs is 1. The molecule has 3 rings (SSSR count). The Morgan fingerprint density at radius 3 is 2.80 bits per heavy atom. The Hall–Kier alpha value is -1.81. The Kier molecular flexibility index (Phi) is 5.48. The van der Waals surface area contributed by atoms with Crippen molar-refractivity contribution in [2.24, 2.45) is 5.92 Å². The third kappa shape index (κ3) is 3.74. The number of nitrogens with zero attached hydrogens (tertiary/aromatic N) is 2. The van der Waals surface area contributed by atoms with Crippen LogP contribution in [0.25, 0.3) is 11.0 Å². The SMILES string of the molecule is CCCc1ccc2oc(C(=O)N(CC)CC3CCN(C)C3)c(C)c2c1. The predicted molar refractivity (Wildman–Crippen MR) is 102 cm³/mol. The first kappa shape index (κ1) is 18.0. The van der Waals surface area contributed by atoms with E-state index in [2.05, 4.69) is 31.0 Å². The van der Waals surface area contributed by atoms with Gasteiger partial charge in [-0.2, -0.15) is 0 Å². The molecule has 0 spiro atoms. The molecule has 1 aromatic heterocycles. The molecule has 1 aliphatic heterocycles. The molecule has 25 heavy (non-hydrogen) atoms. The lowest BCUT2D eigenvalue weighted by Gasteiger charge is -2.23. The van der Waals surface area contributed by atoms with Gasteiger partial charge >= 0.3 is 0 Å². The molecule has 0 bridgehead atoms. The Labute approximate surface area is 150 Å². The fourth-order valence-electron chi connectivity index (χ4n) is 3.90. The van der Waals surface area contributed by atoms with Crippen molar-refractivity contribution in [1.29, 1.82) is 0 Å². The topological polar surface area (TPSA) is 36.7 Å². The van der Waals surface area contributed by atoms with Crippen LogP contribution in [0.3, 0.4) is 0 Å². The van der Waals surface area contributed by atoms with E-state index in [1.54, 1.807) is 0 Å². The van der Waals surface area contributed by atoms with Crippen molar-refractivity contribution in [3.05, 3.63) is 35.1 Å². The third-order valence-corrected chi connectivity index (χ3v) is 5.37. The van der Waals surface area contributed by atoms with Gasteiger partial charge in [-0.1, -0.05) is 19.4 Å². The highest BCUT2D eigenvalue weighted by Gasteiger charge is 2.27. The van der Waals surface area contributed by atoms with Gasteiger partial charge in [-0.3, -0.25) is 4.79 Å². The van der Waals surface area contributed by atoms with E-state index < -0.39 is 0 Å². The number of carbonyl (C=O) groups is 1. The first-order valence-corrected chi connectivity index (χ1v) is 9.53. The van der Waals surface area contributed by atoms with Crippen LogP contribution in [-0.4, -0.2) is 48.9 Å². The molecule has 0 saturated carbocycles. The zero-order valence-electron chi connectivity index (χ0n) is 16.0. The van der Waals surface area contributed by atoms with E-state index in [0.717, 1.165) is 55.6 Å². The number of hydrogen-bond acceptors (Lipinski definition) is 3. The molecule has 0 radical (unpaired) electrons. The molecule has 1 amide bonds. The van der Waals surface area contributed by atoms with Crippen molar-refractivity contribution < 1.29 is 9.21 Å². The molecule has 2 aromatic rings. The number of benzene rings is 1. The normalized spacial score (nSPS) is 18.2. The number of carbonyl (C=O) groups excluding carboxylic acids is 1. The maximum atomic E-state index is 13.1. The highest BCUT2D eigenvalue weighted by Crippen LogP contribution is 2.28. The van der Waals surface area contributed by atoms with Crippen LogP contribution in [0, 0.1) is 12.8 Å². The fraction of sp³-hybridized carbons (Fsp3) is 0.571. The zero-order chi connectivity index (χ0) is 18.0. The minimum Gasteiger partial charge on any atom is -0.451 e. The van der Waals surface area contributed by atoms with E-state index >= 15 is 0 Å². The van der Waals surface area contributed by atoms with Crippen molar-refractivity contribution in [2.75, 3.05) is 33.2 Å². The number of hydrogen-bond donors (Lipinski definition) is 0. The first-order chi connectivity index (χ1) is 12.0. The molecule has 2 heterocycles. The Bertz CT molecular complexity index is 750. The largest absolute Gasteiger partial charge is 0.451 e. The lowest BCUT2D eigenvalue weighted by molar-refractivity contribution is 0.0709. The lowest BCUT2D eigenvalue weighted by atomic mass is 10.0. The molecule has 1 atom stereocenters. The van der Waals surface area contributed by atoms with Crippen LogP contribution in [0.4, 0.5) is 0 Å². The van der Waals surface area contributed by atoms with Gasteiger partial charge in [0.25, 0.3) is 5.91 Å². The minimum atomic E-state index is 0.0304. The average Bonchev–Trinajstić information content (AvgIpc) is 3.16. The average molecular weight is 342 g/mol. The molecular weight excluding hydrogens is 312 g/mol. The summed E-state index contributed by atoms with van der Waals surface area (Å²) in [5.74, 6) is 1.11. The van der Waals surface area contributed by atoms with E-state index in [0.29, 0.717) is 11.7 Å². The van der Waals surface area contributed by atoms with Gasteiger partial charge in [-0.15, -0.1) is 0 Å². The predicted octanol–water partition coefficient (Wildman–Crippen LogP) is 4.11. The second-order valence-electron chi connectivity index (χ2n) is 7.40. The van der Waals surface area contributed by atoms with Crippen LogP contribution < -0.4 is 0 Å². The zero-order valence-corrected chi connectivity index (χ0v) is 16.0. The molecule has 0 aliphatic carbocycles. The molecule has 1 aromatic carbocycles. The quantitative estimate of drug-likeness (QED) is 0.793. The summed E-state index contributed by atoms with van der Waals surface area (Å²) < 4.78 is 5.96. The lowest BCUT2D eigenvalue weighted by Crippen LogP contribution is -2.36. The summed E-state index contributed by atoms with van der Waals surface area (Å²) in [7, 11) is 2.15. The number of furan rings is 1. The highest BCUT2D eigenvalue weighted by molar-refractivity contribution is 5.99. The van der Waals surface area contributed by atoms with E-state index in [9.17, 15) is 4.79 Å². The van der Waals surface area contributed by atoms with E-state index in [1.807, 2.05) is 24.8 Å². The molecule has 1 unspecified atom stereocenters. The van der Waals surface area contributed by atoms with Crippen molar-refractivity contribution in [3.8, 4) is 0 Å². The Morgan fingerprint density at radius 1 is 1.36 bits per heavy atom. The van der Waals surface area contributed by atoms with Gasteiger partial charge in [0, 0.05) is 30.6 Å². The van der Waals surface area contributed by atoms with Gasteiger partial charge in [0.2, 0.25) is 0 Å². The number of amides is 1. The summed E-state index contributed by atoms with van der Waals surface area (Å²) in [6, 6.07) is 6.29. The van der Waals surface area contributed by atoms with E-state index in [-0.39, 0.29) is 5.91 Å². The maximum Gasteiger partial charge on any atom is 0.289 e. The Balaban J connectivity index is 1.83. The minimum absolute atomic E-state index is 0.0304. The van der Waals surface area contributed by atoms with Gasteiger partial charge in [0.1, 0.15) is 5.58 Å². The van der Waals surface area contributed by atoms with Crippen molar-refractivity contribution in [1.82, 2.24) is 9.80 Å². The molecule has 4 heteroatoms. The number of aryl methyl sites for hydroxylation is 2. The molecule has 1 fully saturated rings. The van der Waals surface area contributed by atoms with Crippen LogP contribution in [-0.2, 0) is 6.42 Å². The van der Waals surface area contributed by atoms with Gasteiger partial charge in [0.15, 0.2) is 5.76 Å². The van der Waals surface area contributed by atoms with Gasteiger partial charge < -0.3 is 14.2 Å². The fourth-order valence-corrected chi connectivity index (χ4v) is 3.90. The molecular formula is C21H30N2O2. The first-order valence-electron chi connectivity index (χ1n) is 9.53. The molecule has 1 saturated heterocycles. The second-order valence-corrected chi connectivity index (χ2v) is 7.40.